The van der Waals surface area contributed by atoms with Crippen molar-refractivity contribution in [1.29, 1.82) is 0 Å². The number of nitrogens with zero attached hydrogens (tertiary/aromatic N) is 2. The number of hydrogen-bond donors (Lipinski definition) is 0. The van der Waals surface area contributed by atoms with Crippen molar-refractivity contribution in [3.8, 4) is 11.5 Å². The van der Waals surface area contributed by atoms with Gasteiger partial charge in [-0.15, -0.1) is 0 Å². The molecule has 1 aliphatic rings. The van der Waals surface area contributed by atoms with Crippen LogP contribution in [-0.4, -0.2) is 9.78 Å². The summed E-state index contributed by atoms with van der Waals surface area (Å²) in [6.45, 7) is 1.05. The number of aromatic nitrogens is 2. The Morgan fingerprint density at radius 1 is 1.46 bits per heavy atom. The van der Waals surface area contributed by atoms with Gasteiger partial charge in [-0.05, 0) is 31.0 Å². The third-order valence-corrected chi connectivity index (χ3v) is 2.44. The summed E-state index contributed by atoms with van der Waals surface area (Å²) in [6.07, 6.45) is 4.05. The maximum Gasteiger partial charge on any atom is 0.154 e. The summed E-state index contributed by atoms with van der Waals surface area (Å²) < 4.78 is 7.35. The van der Waals surface area contributed by atoms with Gasteiger partial charge >= 0.3 is 0 Å². The summed E-state index contributed by atoms with van der Waals surface area (Å²) in [5.74, 6) is 0.863. The number of furan rings is 1. The summed E-state index contributed by atoms with van der Waals surface area (Å²) in [4.78, 5) is 0. The molecule has 3 heteroatoms. The molecule has 2 aromatic rings. The van der Waals surface area contributed by atoms with Crippen molar-refractivity contribution in [2.75, 3.05) is 0 Å². The SMILES string of the molecule is c1coc(-c2cc3n(n2)CCC3)c1. The molecule has 0 radical (unpaired) electrons. The smallest absolute Gasteiger partial charge is 0.154 e. The van der Waals surface area contributed by atoms with Gasteiger partial charge in [0.15, 0.2) is 5.76 Å². The van der Waals surface area contributed by atoms with Gasteiger partial charge in [0, 0.05) is 12.2 Å². The van der Waals surface area contributed by atoms with Crippen LogP contribution in [0.3, 0.4) is 0 Å². The van der Waals surface area contributed by atoms with Gasteiger partial charge in [-0.3, -0.25) is 4.68 Å². The lowest BCUT2D eigenvalue weighted by Crippen LogP contribution is -1.93. The molecule has 3 nitrogen and oxygen atoms in total. The minimum Gasteiger partial charge on any atom is -0.463 e. The Morgan fingerprint density at radius 2 is 2.46 bits per heavy atom. The summed E-state index contributed by atoms with van der Waals surface area (Å²) in [6, 6.07) is 5.95. The van der Waals surface area contributed by atoms with Gasteiger partial charge in [-0.25, -0.2) is 0 Å². The molecule has 3 heterocycles. The van der Waals surface area contributed by atoms with E-state index in [0.29, 0.717) is 0 Å². The highest BCUT2D eigenvalue weighted by Gasteiger charge is 2.15. The lowest BCUT2D eigenvalue weighted by atomic mass is 10.2. The topological polar surface area (TPSA) is 31.0 Å². The van der Waals surface area contributed by atoms with E-state index in [0.717, 1.165) is 24.4 Å². The van der Waals surface area contributed by atoms with Crippen molar-refractivity contribution in [3.63, 3.8) is 0 Å². The predicted molar refractivity (Wildman–Crippen MR) is 48.3 cm³/mol. The second-order valence-corrected chi connectivity index (χ2v) is 3.32. The monoisotopic (exact) mass is 174 g/mol. The normalized spacial score (nSPS) is 14.8. The van der Waals surface area contributed by atoms with Crippen LogP contribution in [0.4, 0.5) is 0 Å². The molecule has 66 valence electrons. The molecular formula is C10H10N2O. The van der Waals surface area contributed by atoms with Crippen LogP contribution >= 0.6 is 0 Å². The Bertz CT molecular complexity index is 393. The second-order valence-electron chi connectivity index (χ2n) is 3.32. The molecule has 0 aliphatic carbocycles. The fourth-order valence-electron chi connectivity index (χ4n) is 1.80. The van der Waals surface area contributed by atoms with Crippen molar-refractivity contribution in [2.45, 2.75) is 19.4 Å². The first-order valence-electron chi connectivity index (χ1n) is 4.54. The van der Waals surface area contributed by atoms with Crippen LogP contribution in [0.15, 0.2) is 28.9 Å². The molecule has 0 saturated heterocycles. The number of fused-ring (bicyclic) bond motifs is 1. The standard InChI is InChI=1S/C10H10N2O/c1-3-8-7-9(11-12(8)5-1)10-4-2-6-13-10/h2,4,6-7H,1,3,5H2. The van der Waals surface area contributed by atoms with Crippen molar-refractivity contribution in [3.05, 3.63) is 30.2 Å². The molecule has 0 amide bonds. The Balaban J connectivity index is 2.08. The number of aryl methyl sites for hydroxylation is 2. The zero-order chi connectivity index (χ0) is 8.67. The molecule has 0 saturated carbocycles. The van der Waals surface area contributed by atoms with Crippen LogP contribution in [0.2, 0.25) is 0 Å². The Kier molecular flexibility index (Phi) is 1.33. The molecule has 1 aliphatic heterocycles. The minimum atomic E-state index is 0.863. The highest BCUT2D eigenvalue weighted by molar-refractivity contribution is 5.52. The largest absolute Gasteiger partial charge is 0.463 e. The molecule has 0 atom stereocenters. The highest BCUT2D eigenvalue weighted by atomic mass is 16.3. The van der Waals surface area contributed by atoms with Gasteiger partial charge in [0.25, 0.3) is 0 Å². The number of hydrogen-bond acceptors (Lipinski definition) is 2. The molecule has 0 bridgehead atoms. The van der Waals surface area contributed by atoms with Gasteiger partial charge in [0.2, 0.25) is 0 Å². The van der Waals surface area contributed by atoms with Crippen molar-refractivity contribution in [1.82, 2.24) is 9.78 Å². The molecule has 13 heavy (non-hydrogen) atoms. The fourth-order valence-corrected chi connectivity index (χ4v) is 1.80. The van der Waals surface area contributed by atoms with Gasteiger partial charge in [0.05, 0.1) is 6.26 Å². The van der Waals surface area contributed by atoms with E-state index in [1.54, 1.807) is 6.26 Å². The van der Waals surface area contributed by atoms with Gasteiger partial charge in [-0.1, -0.05) is 0 Å². The quantitative estimate of drug-likeness (QED) is 0.662. The molecule has 0 spiro atoms. The summed E-state index contributed by atoms with van der Waals surface area (Å²) in [5.41, 5.74) is 2.28. The first-order chi connectivity index (χ1) is 6.43. The fraction of sp³-hybridized carbons (Fsp3) is 0.300. The lowest BCUT2D eigenvalue weighted by molar-refractivity contribution is 0.575. The second kappa shape index (κ2) is 2.49. The molecule has 2 aromatic heterocycles. The zero-order valence-electron chi connectivity index (χ0n) is 7.23. The highest BCUT2D eigenvalue weighted by Crippen LogP contribution is 2.23. The maximum absolute atomic E-state index is 5.28. The third kappa shape index (κ3) is 1.00. The van der Waals surface area contributed by atoms with E-state index in [1.807, 2.05) is 12.1 Å². The average molecular weight is 174 g/mol. The molecule has 0 aromatic carbocycles. The van der Waals surface area contributed by atoms with Crippen molar-refractivity contribution < 1.29 is 4.42 Å². The first kappa shape index (κ1) is 6.95. The van der Waals surface area contributed by atoms with Crippen LogP contribution in [-0.2, 0) is 13.0 Å². The first-order valence-corrected chi connectivity index (χ1v) is 4.54. The maximum atomic E-state index is 5.28. The summed E-state index contributed by atoms with van der Waals surface area (Å²) in [5, 5.41) is 4.46. The van der Waals surface area contributed by atoms with Crippen molar-refractivity contribution >= 4 is 0 Å². The van der Waals surface area contributed by atoms with E-state index in [1.165, 1.54) is 12.1 Å². The van der Waals surface area contributed by atoms with E-state index in [2.05, 4.69) is 15.8 Å². The average Bonchev–Trinajstić information content (AvgIpc) is 2.78. The summed E-state index contributed by atoms with van der Waals surface area (Å²) >= 11 is 0. The van der Waals surface area contributed by atoms with Crippen molar-refractivity contribution in [2.24, 2.45) is 0 Å². The Labute approximate surface area is 76.0 Å². The molecule has 0 unspecified atom stereocenters. The Hall–Kier alpha value is -1.51. The molecule has 3 rings (SSSR count). The Morgan fingerprint density at radius 3 is 3.23 bits per heavy atom. The minimum absolute atomic E-state index is 0.863. The molecular weight excluding hydrogens is 164 g/mol. The van der Waals surface area contributed by atoms with E-state index in [9.17, 15) is 0 Å². The van der Waals surface area contributed by atoms with Crippen LogP contribution in [0.25, 0.3) is 11.5 Å². The van der Waals surface area contributed by atoms with E-state index < -0.39 is 0 Å². The van der Waals surface area contributed by atoms with Gasteiger partial charge in [0.1, 0.15) is 5.69 Å². The predicted octanol–water partition coefficient (Wildman–Crippen LogP) is 2.09. The molecule has 0 N–H and O–H groups in total. The van der Waals surface area contributed by atoms with Crippen LogP contribution in [0.1, 0.15) is 12.1 Å². The van der Waals surface area contributed by atoms with Gasteiger partial charge in [-0.2, -0.15) is 5.10 Å². The van der Waals surface area contributed by atoms with Crippen LogP contribution in [0, 0.1) is 0 Å². The van der Waals surface area contributed by atoms with E-state index >= 15 is 0 Å². The number of rotatable bonds is 1. The lowest BCUT2D eigenvalue weighted by Gasteiger charge is -1.91. The van der Waals surface area contributed by atoms with E-state index in [4.69, 9.17) is 4.42 Å². The van der Waals surface area contributed by atoms with Crippen LogP contribution < -0.4 is 0 Å². The van der Waals surface area contributed by atoms with Crippen LogP contribution in [0.5, 0.6) is 0 Å². The van der Waals surface area contributed by atoms with Gasteiger partial charge < -0.3 is 4.42 Å². The third-order valence-electron chi connectivity index (χ3n) is 2.44. The zero-order valence-corrected chi connectivity index (χ0v) is 7.23. The molecule has 0 fully saturated rings. The van der Waals surface area contributed by atoms with E-state index in [-0.39, 0.29) is 0 Å². The summed E-state index contributed by atoms with van der Waals surface area (Å²) in [7, 11) is 0.